The monoisotopic (exact) mass is 532 g/mol. The topological polar surface area (TPSA) is 109 Å². The van der Waals surface area contributed by atoms with E-state index in [0.29, 0.717) is 38.5 Å². The summed E-state index contributed by atoms with van der Waals surface area (Å²) < 4.78 is 34.0. The highest BCUT2D eigenvalue weighted by molar-refractivity contribution is 7.91. The van der Waals surface area contributed by atoms with Crippen molar-refractivity contribution < 1.29 is 22.7 Å². The number of rotatable bonds is 7. The molecule has 2 aromatic rings. The molecule has 36 heavy (non-hydrogen) atoms. The molecule has 0 atom stereocenters. The lowest BCUT2D eigenvalue weighted by molar-refractivity contribution is -0.128. The predicted molar refractivity (Wildman–Crippen MR) is 139 cm³/mol. The van der Waals surface area contributed by atoms with Gasteiger partial charge in [-0.25, -0.2) is 13.4 Å². The molecule has 1 N–H and O–H groups in total. The van der Waals surface area contributed by atoms with Crippen molar-refractivity contribution in [2.24, 2.45) is 5.41 Å². The zero-order chi connectivity index (χ0) is 25.9. The van der Waals surface area contributed by atoms with Crippen LogP contribution in [0.3, 0.4) is 0 Å². The summed E-state index contributed by atoms with van der Waals surface area (Å²) in [6.45, 7) is 7.55. The number of benzene rings is 1. The minimum absolute atomic E-state index is 0.0515. The van der Waals surface area contributed by atoms with Crippen LogP contribution < -0.4 is 10.1 Å². The summed E-state index contributed by atoms with van der Waals surface area (Å²) in [4.78, 5) is 30.2. The van der Waals surface area contributed by atoms with Crippen LogP contribution in [-0.2, 0) is 19.6 Å². The predicted octanol–water partition coefficient (Wildman–Crippen LogP) is 3.53. The smallest absolute Gasteiger partial charge is 0.254 e. The minimum Gasteiger partial charge on any atom is -0.493 e. The van der Waals surface area contributed by atoms with Crippen LogP contribution in [0.4, 0.5) is 5.13 Å². The van der Waals surface area contributed by atoms with E-state index in [9.17, 15) is 18.0 Å². The van der Waals surface area contributed by atoms with Crippen molar-refractivity contribution in [2.45, 2.75) is 44.2 Å². The summed E-state index contributed by atoms with van der Waals surface area (Å²) >= 11 is 0.986. The van der Waals surface area contributed by atoms with E-state index < -0.39 is 10.0 Å². The molecule has 2 fully saturated rings. The third kappa shape index (κ3) is 5.63. The standard InChI is InChI=1S/C25H32N4O5S2/c1-4-34-21-8-6-5-7-20(21)9-10-22(31)28-14-11-25(12-15-28)13-16-29(17-25)36(32,33)23-18(2)26-24(35-23)27-19(3)30/h5-10H,4,11-17H2,1-3H3,(H,26,27,30). The molecule has 1 aromatic heterocycles. The molecule has 2 saturated heterocycles. The molecule has 1 spiro atoms. The first-order valence-electron chi connectivity index (χ1n) is 12.1. The molecule has 9 nitrogen and oxygen atoms in total. The highest BCUT2D eigenvalue weighted by Crippen LogP contribution is 2.43. The number of thiazole rings is 1. The highest BCUT2D eigenvalue weighted by atomic mass is 32.2. The molecule has 0 unspecified atom stereocenters. The number of anilines is 1. The quantitative estimate of drug-likeness (QED) is 0.547. The molecule has 0 bridgehead atoms. The van der Waals surface area contributed by atoms with Gasteiger partial charge in [0.2, 0.25) is 11.8 Å². The van der Waals surface area contributed by atoms with E-state index in [-0.39, 0.29) is 26.6 Å². The normalized spacial score (nSPS) is 18.1. The fourth-order valence-corrected chi connectivity index (χ4v) is 7.97. The Hall–Kier alpha value is -2.76. The van der Waals surface area contributed by atoms with Gasteiger partial charge < -0.3 is 15.0 Å². The lowest BCUT2D eigenvalue weighted by Gasteiger charge is -2.38. The average molecular weight is 533 g/mol. The summed E-state index contributed by atoms with van der Waals surface area (Å²) in [5.74, 6) is 0.404. The number of nitrogens with one attached hydrogen (secondary N) is 1. The van der Waals surface area contributed by atoms with Crippen molar-refractivity contribution >= 4 is 44.4 Å². The molecule has 0 saturated carbocycles. The third-order valence-corrected chi connectivity index (χ3v) is 10.3. The van der Waals surface area contributed by atoms with E-state index in [0.717, 1.165) is 41.9 Å². The first kappa shape index (κ1) is 26.3. The molecule has 2 amide bonds. The van der Waals surface area contributed by atoms with Crippen molar-refractivity contribution in [2.75, 3.05) is 38.1 Å². The molecule has 3 heterocycles. The van der Waals surface area contributed by atoms with Crippen molar-refractivity contribution in [3.05, 3.63) is 41.6 Å². The summed E-state index contributed by atoms with van der Waals surface area (Å²) in [7, 11) is -3.70. The lowest BCUT2D eigenvalue weighted by atomic mass is 9.78. The van der Waals surface area contributed by atoms with Gasteiger partial charge in [0, 0.05) is 44.7 Å². The number of likely N-dealkylation sites (tertiary alicyclic amines) is 1. The Morgan fingerprint density at radius 2 is 1.89 bits per heavy atom. The molecule has 4 rings (SSSR count). The minimum atomic E-state index is -3.70. The SMILES string of the molecule is CCOc1ccccc1C=CC(=O)N1CCC2(CC1)CCN(S(=O)(=O)c1sc(NC(C)=O)nc1C)C2. The molecule has 2 aliphatic rings. The number of ether oxygens (including phenoxy) is 1. The Kier molecular flexibility index (Phi) is 7.82. The Morgan fingerprint density at radius 3 is 2.58 bits per heavy atom. The van der Waals surface area contributed by atoms with E-state index in [1.807, 2.05) is 36.1 Å². The molecule has 0 aliphatic carbocycles. The largest absolute Gasteiger partial charge is 0.493 e. The lowest BCUT2D eigenvalue weighted by Crippen LogP contribution is -2.44. The molecule has 11 heteroatoms. The summed E-state index contributed by atoms with van der Waals surface area (Å²) in [5, 5.41) is 2.85. The molecule has 2 aliphatic heterocycles. The summed E-state index contributed by atoms with van der Waals surface area (Å²) in [6.07, 6.45) is 5.65. The first-order valence-corrected chi connectivity index (χ1v) is 14.3. The van der Waals surface area contributed by atoms with Gasteiger partial charge >= 0.3 is 0 Å². The number of hydrogen-bond acceptors (Lipinski definition) is 7. The van der Waals surface area contributed by atoms with Gasteiger partial charge in [-0.2, -0.15) is 4.31 Å². The maximum absolute atomic E-state index is 13.3. The maximum atomic E-state index is 13.3. The number of para-hydroxylation sites is 1. The van der Waals surface area contributed by atoms with Crippen LogP contribution in [0.5, 0.6) is 5.75 Å². The second-order valence-electron chi connectivity index (χ2n) is 9.29. The van der Waals surface area contributed by atoms with Crippen molar-refractivity contribution in [1.29, 1.82) is 0 Å². The van der Waals surface area contributed by atoms with E-state index in [2.05, 4.69) is 10.3 Å². The number of hydrogen-bond donors (Lipinski definition) is 1. The van der Waals surface area contributed by atoms with Gasteiger partial charge in [0.1, 0.15) is 5.75 Å². The number of amides is 2. The van der Waals surface area contributed by atoms with E-state index in [4.69, 9.17) is 4.74 Å². The second-order valence-corrected chi connectivity index (χ2v) is 12.4. The Balaban J connectivity index is 1.37. The molecule has 0 radical (unpaired) electrons. The van der Waals surface area contributed by atoms with Crippen LogP contribution in [0.1, 0.15) is 44.4 Å². The van der Waals surface area contributed by atoms with Crippen LogP contribution in [0.2, 0.25) is 0 Å². The first-order chi connectivity index (χ1) is 17.1. The van der Waals surface area contributed by atoms with Crippen LogP contribution in [-0.4, -0.2) is 67.2 Å². The van der Waals surface area contributed by atoms with Gasteiger partial charge in [-0.3, -0.25) is 9.59 Å². The summed E-state index contributed by atoms with van der Waals surface area (Å²) in [6, 6.07) is 7.60. The number of carbonyl (C=O) groups is 2. The number of carbonyl (C=O) groups excluding carboxylic acids is 2. The third-order valence-electron chi connectivity index (χ3n) is 6.77. The maximum Gasteiger partial charge on any atom is 0.254 e. The van der Waals surface area contributed by atoms with Gasteiger partial charge in [-0.05, 0) is 50.7 Å². The zero-order valence-corrected chi connectivity index (χ0v) is 22.5. The number of aromatic nitrogens is 1. The fraction of sp³-hybridized carbons (Fsp3) is 0.480. The average Bonchev–Trinajstić information content (AvgIpc) is 3.43. The fourth-order valence-electron chi connectivity index (χ4n) is 4.82. The van der Waals surface area contributed by atoms with Crippen LogP contribution in [0.25, 0.3) is 6.08 Å². The Labute approximate surface area is 216 Å². The van der Waals surface area contributed by atoms with Crippen LogP contribution in [0.15, 0.2) is 34.6 Å². The Bertz CT molecular complexity index is 1260. The van der Waals surface area contributed by atoms with Crippen molar-refractivity contribution in [3.8, 4) is 5.75 Å². The number of sulfonamides is 1. The van der Waals surface area contributed by atoms with E-state index >= 15 is 0 Å². The number of nitrogens with zero attached hydrogens (tertiary/aromatic N) is 3. The van der Waals surface area contributed by atoms with E-state index in [1.165, 1.54) is 11.2 Å². The van der Waals surface area contributed by atoms with Crippen LogP contribution >= 0.6 is 11.3 Å². The molecule has 194 valence electrons. The van der Waals surface area contributed by atoms with Gasteiger partial charge in [0.25, 0.3) is 10.0 Å². The van der Waals surface area contributed by atoms with Gasteiger partial charge in [-0.1, -0.05) is 29.5 Å². The molecule has 1 aromatic carbocycles. The Morgan fingerprint density at radius 1 is 1.19 bits per heavy atom. The number of piperidine rings is 1. The molecular weight excluding hydrogens is 500 g/mol. The van der Waals surface area contributed by atoms with Crippen molar-refractivity contribution in [3.63, 3.8) is 0 Å². The highest BCUT2D eigenvalue weighted by Gasteiger charge is 2.45. The van der Waals surface area contributed by atoms with E-state index in [1.54, 1.807) is 19.1 Å². The molecular formula is C25H32N4O5S2. The van der Waals surface area contributed by atoms with Gasteiger partial charge in [0.15, 0.2) is 9.34 Å². The summed E-state index contributed by atoms with van der Waals surface area (Å²) in [5.41, 5.74) is 1.12. The zero-order valence-electron chi connectivity index (χ0n) is 20.8. The number of aryl methyl sites for hydroxylation is 1. The van der Waals surface area contributed by atoms with Crippen molar-refractivity contribution in [1.82, 2.24) is 14.2 Å². The second kappa shape index (κ2) is 10.7. The van der Waals surface area contributed by atoms with Gasteiger partial charge in [-0.15, -0.1) is 0 Å². The van der Waals surface area contributed by atoms with Crippen LogP contribution in [0, 0.1) is 12.3 Å². The van der Waals surface area contributed by atoms with Gasteiger partial charge in [0.05, 0.1) is 12.3 Å².